The van der Waals surface area contributed by atoms with E-state index < -0.39 is 0 Å². The lowest BCUT2D eigenvalue weighted by atomic mass is 10.2. The molecular weight excluding hydrogens is 370 g/mol. The fourth-order valence-corrected chi connectivity index (χ4v) is 3.67. The van der Waals surface area contributed by atoms with Crippen molar-refractivity contribution in [2.75, 3.05) is 24.3 Å². The first-order valence-corrected chi connectivity index (χ1v) is 10.1. The van der Waals surface area contributed by atoms with Crippen molar-refractivity contribution in [3.63, 3.8) is 0 Å². The van der Waals surface area contributed by atoms with E-state index in [0.717, 1.165) is 34.5 Å². The standard InChI is InChI=1S/C21H25N5OS/c1-5-26-19(16-9-7-6-8-10-16)23-24-21(26)28-15(2)20(27)22-17-11-13-18(14-12-17)25(3)4/h6-15H,5H2,1-4H3,(H,22,27). The van der Waals surface area contributed by atoms with Gasteiger partial charge in [0, 0.05) is 37.6 Å². The maximum Gasteiger partial charge on any atom is 0.237 e. The summed E-state index contributed by atoms with van der Waals surface area (Å²) in [6.07, 6.45) is 0. The van der Waals surface area contributed by atoms with Crippen LogP contribution >= 0.6 is 11.8 Å². The molecule has 1 aromatic heterocycles. The summed E-state index contributed by atoms with van der Waals surface area (Å²) in [7, 11) is 3.97. The average Bonchev–Trinajstić information content (AvgIpc) is 3.11. The molecule has 7 heteroatoms. The number of nitrogens with zero attached hydrogens (tertiary/aromatic N) is 4. The molecule has 0 aliphatic heterocycles. The van der Waals surface area contributed by atoms with Gasteiger partial charge < -0.3 is 14.8 Å². The molecular formula is C21H25N5OS. The third-order valence-corrected chi connectivity index (χ3v) is 5.45. The Morgan fingerprint density at radius 1 is 1.11 bits per heavy atom. The van der Waals surface area contributed by atoms with Gasteiger partial charge in [0.15, 0.2) is 11.0 Å². The maximum atomic E-state index is 12.6. The molecule has 28 heavy (non-hydrogen) atoms. The molecule has 1 unspecified atom stereocenters. The van der Waals surface area contributed by atoms with Gasteiger partial charge in [0.2, 0.25) is 5.91 Å². The molecule has 1 amide bonds. The summed E-state index contributed by atoms with van der Waals surface area (Å²) in [5.41, 5.74) is 2.89. The number of nitrogens with one attached hydrogen (secondary N) is 1. The maximum absolute atomic E-state index is 12.6. The first kappa shape index (κ1) is 19.9. The summed E-state index contributed by atoms with van der Waals surface area (Å²) in [5, 5.41) is 12.1. The Balaban J connectivity index is 1.69. The van der Waals surface area contributed by atoms with Gasteiger partial charge in [-0.1, -0.05) is 42.1 Å². The lowest BCUT2D eigenvalue weighted by Gasteiger charge is -2.15. The number of benzene rings is 2. The Morgan fingerprint density at radius 2 is 1.79 bits per heavy atom. The van der Waals surface area contributed by atoms with Crippen LogP contribution in [0.15, 0.2) is 59.8 Å². The topological polar surface area (TPSA) is 63.1 Å². The van der Waals surface area contributed by atoms with E-state index >= 15 is 0 Å². The lowest BCUT2D eigenvalue weighted by molar-refractivity contribution is -0.115. The fourth-order valence-electron chi connectivity index (χ4n) is 2.76. The molecule has 0 bridgehead atoms. The van der Waals surface area contributed by atoms with Crippen LogP contribution in [0.1, 0.15) is 13.8 Å². The minimum Gasteiger partial charge on any atom is -0.378 e. The predicted octanol–water partition coefficient (Wildman–Crippen LogP) is 4.15. The Hall–Kier alpha value is -2.80. The monoisotopic (exact) mass is 395 g/mol. The summed E-state index contributed by atoms with van der Waals surface area (Å²) in [5.74, 6) is 0.756. The van der Waals surface area contributed by atoms with Crippen LogP contribution in [-0.4, -0.2) is 40.0 Å². The summed E-state index contributed by atoms with van der Waals surface area (Å²) < 4.78 is 2.04. The molecule has 1 heterocycles. The first-order valence-electron chi connectivity index (χ1n) is 9.23. The van der Waals surface area contributed by atoms with Crippen LogP contribution < -0.4 is 10.2 Å². The first-order chi connectivity index (χ1) is 13.5. The largest absolute Gasteiger partial charge is 0.378 e. The van der Waals surface area contributed by atoms with Crippen LogP contribution in [0.4, 0.5) is 11.4 Å². The fraction of sp³-hybridized carbons (Fsp3) is 0.286. The zero-order chi connectivity index (χ0) is 20.1. The number of rotatable bonds is 7. The van der Waals surface area contributed by atoms with E-state index in [1.165, 1.54) is 11.8 Å². The molecule has 2 aromatic carbocycles. The highest BCUT2D eigenvalue weighted by molar-refractivity contribution is 8.00. The van der Waals surface area contributed by atoms with Crippen LogP contribution in [0.2, 0.25) is 0 Å². The molecule has 0 saturated carbocycles. The Labute approximate surface area is 170 Å². The van der Waals surface area contributed by atoms with Crippen LogP contribution in [0, 0.1) is 0 Å². The molecule has 0 saturated heterocycles. The second-order valence-corrected chi connectivity index (χ2v) is 7.92. The number of aromatic nitrogens is 3. The lowest BCUT2D eigenvalue weighted by Crippen LogP contribution is -2.23. The zero-order valence-electron chi connectivity index (χ0n) is 16.6. The molecule has 1 atom stereocenters. The number of hydrogen-bond donors (Lipinski definition) is 1. The number of amides is 1. The van der Waals surface area contributed by atoms with E-state index in [-0.39, 0.29) is 11.2 Å². The van der Waals surface area contributed by atoms with Crippen molar-refractivity contribution in [3.8, 4) is 11.4 Å². The number of carbonyl (C=O) groups is 1. The van der Waals surface area contributed by atoms with Gasteiger partial charge in [-0.15, -0.1) is 10.2 Å². The van der Waals surface area contributed by atoms with Gasteiger partial charge in [-0.3, -0.25) is 4.79 Å². The zero-order valence-corrected chi connectivity index (χ0v) is 17.4. The molecule has 6 nitrogen and oxygen atoms in total. The molecule has 0 aliphatic rings. The molecule has 146 valence electrons. The van der Waals surface area contributed by atoms with E-state index in [1.54, 1.807) is 0 Å². The normalized spacial score (nSPS) is 11.9. The van der Waals surface area contributed by atoms with Crippen molar-refractivity contribution in [1.82, 2.24) is 14.8 Å². The SMILES string of the molecule is CCn1c(SC(C)C(=O)Nc2ccc(N(C)C)cc2)nnc1-c1ccccc1. The molecule has 0 spiro atoms. The number of hydrogen-bond acceptors (Lipinski definition) is 5. The number of anilines is 2. The second-order valence-electron chi connectivity index (χ2n) is 6.61. The van der Waals surface area contributed by atoms with E-state index in [2.05, 4.69) is 22.4 Å². The van der Waals surface area contributed by atoms with Crippen LogP contribution in [0.25, 0.3) is 11.4 Å². The van der Waals surface area contributed by atoms with Gasteiger partial charge in [0.1, 0.15) is 0 Å². The smallest absolute Gasteiger partial charge is 0.237 e. The van der Waals surface area contributed by atoms with Gasteiger partial charge in [-0.2, -0.15) is 0 Å². The number of carbonyl (C=O) groups excluding carboxylic acids is 1. The molecule has 0 fully saturated rings. The van der Waals surface area contributed by atoms with Gasteiger partial charge in [-0.05, 0) is 38.1 Å². The summed E-state index contributed by atoms with van der Waals surface area (Å²) in [6, 6.07) is 17.7. The van der Waals surface area contributed by atoms with Crippen molar-refractivity contribution in [2.24, 2.45) is 0 Å². The van der Waals surface area contributed by atoms with Crippen LogP contribution in [0.5, 0.6) is 0 Å². The number of thioether (sulfide) groups is 1. The van der Waals surface area contributed by atoms with Gasteiger partial charge >= 0.3 is 0 Å². The molecule has 3 aromatic rings. The summed E-state index contributed by atoms with van der Waals surface area (Å²) >= 11 is 1.41. The average molecular weight is 396 g/mol. The van der Waals surface area contributed by atoms with Crippen molar-refractivity contribution < 1.29 is 4.79 Å². The minimum absolute atomic E-state index is 0.0606. The highest BCUT2D eigenvalue weighted by Crippen LogP contribution is 2.27. The van der Waals surface area contributed by atoms with E-state index in [0.29, 0.717) is 0 Å². The second kappa shape index (κ2) is 8.93. The van der Waals surface area contributed by atoms with E-state index in [4.69, 9.17) is 0 Å². The van der Waals surface area contributed by atoms with Crippen LogP contribution in [-0.2, 0) is 11.3 Å². The quantitative estimate of drug-likeness (QED) is 0.609. The predicted molar refractivity (Wildman–Crippen MR) is 116 cm³/mol. The Kier molecular flexibility index (Phi) is 6.36. The van der Waals surface area contributed by atoms with E-state index in [9.17, 15) is 4.79 Å². The minimum atomic E-state index is -0.299. The van der Waals surface area contributed by atoms with Crippen molar-refractivity contribution >= 4 is 29.0 Å². The van der Waals surface area contributed by atoms with Gasteiger partial charge in [-0.25, -0.2) is 0 Å². The van der Waals surface area contributed by atoms with Crippen LogP contribution in [0.3, 0.4) is 0 Å². The third-order valence-electron chi connectivity index (χ3n) is 4.37. The summed E-state index contributed by atoms with van der Waals surface area (Å²) in [6.45, 7) is 4.67. The molecule has 1 N–H and O–H groups in total. The third kappa shape index (κ3) is 4.54. The molecule has 0 radical (unpaired) electrons. The highest BCUT2D eigenvalue weighted by atomic mass is 32.2. The summed E-state index contributed by atoms with van der Waals surface area (Å²) in [4.78, 5) is 14.6. The Morgan fingerprint density at radius 3 is 2.39 bits per heavy atom. The van der Waals surface area contributed by atoms with Gasteiger partial charge in [0.05, 0.1) is 5.25 Å². The highest BCUT2D eigenvalue weighted by Gasteiger charge is 2.20. The van der Waals surface area contributed by atoms with Crippen molar-refractivity contribution in [2.45, 2.75) is 30.8 Å². The van der Waals surface area contributed by atoms with E-state index in [1.807, 2.05) is 85.1 Å². The van der Waals surface area contributed by atoms with Crippen molar-refractivity contribution in [3.05, 3.63) is 54.6 Å². The molecule has 0 aliphatic carbocycles. The molecule has 3 rings (SSSR count). The van der Waals surface area contributed by atoms with Gasteiger partial charge in [0.25, 0.3) is 0 Å². The van der Waals surface area contributed by atoms with Crippen molar-refractivity contribution in [1.29, 1.82) is 0 Å². The Bertz CT molecular complexity index is 922.